The van der Waals surface area contributed by atoms with Crippen LogP contribution in [0.5, 0.6) is 0 Å². The maximum absolute atomic E-state index is 11.3. The summed E-state index contributed by atoms with van der Waals surface area (Å²) in [6, 6.07) is 3.76. The number of halogens is 1. The quantitative estimate of drug-likeness (QED) is 0.816. The van der Waals surface area contributed by atoms with Crippen molar-refractivity contribution < 1.29 is 4.79 Å². The number of carbonyl (C=O) groups is 1. The average Bonchev–Trinajstić information content (AvgIpc) is 2.68. The number of rotatable bonds is 4. The molecule has 0 aromatic carbocycles. The van der Waals surface area contributed by atoms with Gasteiger partial charge in [-0.05, 0) is 41.9 Å². The Morgan fingerprint density at radius 3 is 2.61 bits per heavy atom. The van der Waals surface area contributed by atoms with E-state index in [0.717, 1.165) is 28.0 Å². The molecule has 0 N–H and O–H groups in total. The number of pyridine rings is 1. The van der Waals surface area contributed by atoms with Crippen LogP contribution < -0.4 is 0 Å². The molecule has 94 valence electrons. The molecule has 0 aliphatic rings. The van der Waals surface area contributed by atoms with E-state index in [1.807, 2.05) is 36.7 Å². The second-order valence-electron chi connectivity index (χ2n) is 4.20. The van der Waals surface area contributed by atoms with E-state index < -0.39 is 0 Å². The molecular weight excluding hydrogens is 294 g/mol. The van der Waals surface area contributed by atoms with Gasteiger partial charge in [0.25, 0.3) is 0 Å². The predicted molar refractivity (Wildman–Crippen MR) is 72.4 cm³/mol. The van der Waals surface area contributed by atoms with Gasteiger partial charge in [0, 0.05) is 29.1 Å². The fourth-order valence-electron chi connectivity index (χ4n) is 1.87. The van der Waals surface area contributed by atoms with Gasteiger partial charge in [0.15, 0.2) is 0 Å². The molecule has 5 heteroatoms. The van der Waals surface area contributed by atoms with Crippen molar-refractivity contribution in [1.82, 2.24) is 14.5 Å². The average molecular weight is 308 g/mol. The number of hydrogen-bond donors (Lipinski definition) is 0. The van der Waals surface area contributed by atoms with Crippen LogP contribution in [-0.4, -0.2) is 20.8 Å². The Morgan fingerprint density at radius 1 is 1.33 bits per heavy atom. The highest BCUT2D eigenvalue weighted by molar-refractivity contribution is 9.10. The third-order valence-electron chi connectivity index (χ3n) is 2.93. The molecule has 2 aromatic rings. The Labute approximate surface area is 114 Å². The lowest BCUT2D eigenvalue weighted by molar-refractivity contribution is -0.109. The van der Waals surface area contributed by atoms with Gasteiger partial charge in [-0.25, -0.2) is 4.98 Å². The van der Waals surface area contributed by atoms with Gasteiger partial charge in [-0.2, -0.15) is 0 Å². The summed E-state index contributed by atoms with van der Waals surface area (Å²) in [6.45, 7) is 4.50. The SMILES string of the molecule is Cc1cnc(C)n1CC(C=O)c1ccc(Br)cn1. The second kappa shape index (κ2) is 5.44. The zero-order chi connectivity index (χ0) is 13.1. The van der Waals surface area contributed by atoms with E-state index in [4.69, 9.17) is 0 Å². The van der Waals surface area contributed by atoms with E-state index >= 15 is 0 Å². The van der Waals surface area contributed by atoms with Crippen LogP contribution in [-0.2, 0) is 11.3 Å². The molecule has 4 nitrogen and oxygen atoms in total. The van der Waals surface area contributed by atoms with Crippen LogP contribution in [0.3, 0.4) is 0 Å². The number of aromatic nitrogens is 3. The summed E-state index contributed by atoms with van der Waals surface area (Å²) in [4.78, 5) is 19.8. The number of imidazole rings is 1. The van der Waals surface area contributed by atoms with Crippen LogP contribution >= 0.6 is 15.9 Å². The molecule has 0 aliphatic heterocycles. The van der Waals surface area contributed by atoms with Crippen molar-refractivity contribution in [2.24, 2.45) is 0 Å². The van der Waals surface area contributed by atoms with E-state index in [0.29, 0.717) is 6.54 Å². The lowest BCUT2D eigenvalue weighted by atomic mass is 10.1. The van der Waals surface area contributed by atoms with E-state index in [1.54, 1.807) is 6.20 Å². The topological polar surface area (TPSA) is 47.8 Å². The van der Waals surface area contributed by atoms with Gasteiger partial charge in [-0.3, -0.25) is 4.98 Å². The third-order valence-corrected chi connectivity index (χ3v) is 3.40. The third kappa shape index (κ3) is 2.67. The molecule has 18 heavy (non-hydrogen) atoms. The standard InChI is InChI=1S/C13H14BrN3O/c1-9-5-15-10(2)17(9)7-11(8-18)13-4-3-12(14)6-16-13/h3-6,8,11H,7H2,1-2H3. The maximum atomic E-state index is 11.3. The van der Waals surface area contributed by atoms with E-state index in [2.05, 4.69) is 25.9 Å². The first-order chi connectivity index (χ1) is 8.61. The van der Waals surface area contributed by atoms with Gasteiger partial charge in [0.2, 0.25) is 0 Å². The van der Waals surface area contributed by atoms with Crippen molar-refractivity contribution in [2.45, 2.75) is 26.3 Å². The van der Waals surface area contributed by atoms with Gasteiger partial charge in [-0.15, -0.1) is 0 Å². The number of aldehydes is 1. The van der Waals surface area contributed by atoms with E-state index in [1.165, 1.54) is 0 Å². The Bertz CT molecular complexity index is 528. The minimum atomic E-state index is -0.246. The summed E-state index contributed by atoms with van der Waals surface area (Å²) in [5, 5.41) is 0. The molecule has 0 radical (unpaired) electrons. The molecule has 0 saturated carbocycles. The largest absolute Gasteiger partial charge is 0.331 e. The molecule has 2 aromatic heterocycles. The smallest absolute Gasteiger partial charge is 0.130 e. The lowest BCUT2D eigenvalue weighted by Crippen LogP contribution is -2.14. The fourth-order valence-corrected chi connectivity index (χ4v) is 2.10. The Hall–Kier alpha value is -1.49. The summed E-state index contributed by atoms with van der Waals surface area (Å²) in [7, 11) is 0. The molecule has 2 rings (SSSR count). The Kier molecular flexibility index (Phi) is 3.91. The van der Waals surface area contributed by atoms with Crippen molar-refractivity contribution in [3.05, 3.63) is 46.2 Å². The summed E-state index contributed by atoms with van der Waals surface area (Å²) in [5.74, 6) is 0.668. The summed E-state index contributed by atoms with van der Waals surface area (Å²) in [6.07, 6.45) is 4.46. The minimum absolute atomic E-state index is 0.246. The van der Waals surface area contributed by atoms with Crippen molar-refractivity contribution in [3.8, 4) is 0 Å². The molecule has 1 unspecified atom stereocenters. The zero-order valence-corrected chi connectivity index (χ0v) is 11.9. The normalized spacial score (nSPS) is 12.4. The highest BCUT2D eigenvalue weighted by Gasteiger charge is 2.15. The van der Waals surface area contributed by atoms with Gasteiger partial charge < -0.3 is 9.36 Å². The predicted octanol–water partition coefficient (Wildman–Crippen LogP) is 2.64. The summed E-state index contributed by atoms with van der Waals surface area (Å²) < 4.78 is 2.94. The van der Waals surface area contributed by atoms with Gasteiger partial charge >= 0.3 is 0 Å². The van der Waals surface area contributed by atoms with Gasteiger partial charge in [-0.1, -0.05) is 0 Å². The fraction of sp³-hybridized carbons (Fsp3) is 0.308. The summed E-state index contributed by atoms with van der Waals surface area (Å²) in [5.41, 5.74) is 1.83. The maximum Gasteiger partial charge on any atom is 0.130 e. The number of nitrogens with zero attached hydrogens (tertiary/aromatic N) is 3. The molecular formula is C13H14BrN3O. The van der Waals surface area contributed by atoms with Crippen LogP contribution in [0.25, 0.3) is 0 Å². The van der Waals surface area contributed by atoms with Crippen molar-refractivity contribution in [1.29, 1.82) is 0 Å². The molecule has 0 amide bonds. The van der Waals surface area contributed by atoms with Crippen molar-refractivity contribution in [3.63, 3.8) is 0 Å². The van der Waals surface area contributed by atoms with E-state index in [9.17, 15) is 4.79 Å². The first-order valence-corrected chi connectivity index (χ1v) is 6.46. The van der Waals surface area contributed by atoms with Crippen molar-refractivity contribution in [2.75, 3.05) is 0 Å². The molecule has 1 atom stereocenters. The van der Waals surface area contributed by atoms with E-state index in [-0.39, 0.29) is 5.92 Å². The van der Waals surface area contributed by atoms with Gasteiger partial charge in [0.05, 0.1) is 11.6 Å². The number of hydrogen-bond acceptors (Lipinski definition) is 3. The molecule has 0 spiro atoms. The highest BCUT2D eigenvalue weighted by Crippen LogP contribution is 2.18. The Morgan fingerprint density at radius 2 is 2.11 bits per heavy atom. The number of aryl methyl sites for hydroxylation is 2. The lowest BCUT2D eigenvalue weighted by Gasteiger charge is -2.13. The Balaban J connectivity index is 2.25. The first-order valence-electron chi connectivity index (χ1n) is 5.67. The molecule has 0 saturated heterocycles. The first kappa shape index (κ1) is 13.0. The highest BCUT2D eigenvalue weighted by atomic mass is 79.9. The summed E-state index contributed by atoms with van der Waals surface area (Å²) >= 11 is 3.33. The second-order valence-corrected chi connectivity index (χ2v) is 5.12. The monoisotopic (exact) mass is 307 g/mol. The zero-order valence-electron chi connectivity index (χ0n) is 10.3. The molecule has 0 fully saturated rings. The minimum Gasteiger partial charge on any atom is -0.331 e. The molecule has 2 heterocycles. The number of carbonyl (C=O) groups excluding carboxylic acids is 1. The van der Waals surface area contributed by atoms with Crippen LogP contribution in [0.15, 0.2) is 29.0 Å². The molecule has 0 aliphatic carbocycles. The van der Waals surface area contributed by atoms with Crippen LogP contribution in [0.4, 0.5) is 0 Å². The van der Waals surface area contributed by atoms with Crippen LogP contribution in [0, 0.1) is 13.8 Å². The van der Waals surface area contributed by atoms with Crippen LogP contribution in [0.1, 0.15) is 23.1 Å². The van der Waals surface area contributed by atoms with Crippen molar-refractivity contribution >= 4 is 22.2 Å². The van der Waals surface area contributed by atoms with Crippen LogP contribution in [0.2, 0.25) is 0 Å². The molecule has 0 bridgehead atoms. The van der Waals surface area contributed by atoms with Gasteiger partial charge in [0.1, 0.15) is 12.1 Å².